The molecule has 0 heteroatoms. The van der Waals surface area contributed by atoms with Crippen molar-refractivity contribution in [3.8, 4) is 0 Å². The van der Waals surface area contributed by atoms with Crippen LogP contribution in [0.5, 0.6) is 0 Å². The molecule has 0 radical (unpaired) electrons. The third kappa shape index (κ3) is 1.00. The van der Waals surface area contributed by atoms with Crippen molar-refractivity contribution in [1.82, 2.24) is 0 Å². The highest BCUT2D eigenvalue weighted by atomic mass is 14.5. The van der Waals surface area contributed by atoms with Crippen LogP contribution in [0.3, 0.4) is 0 Å². The van der Waals surface area contributed by atoms with Crippen molar-refractivity contribution in [3.63, 3.8) is 0 Å². The van der Waals surface area contributed by atoms with Crippen molar-refractivity contribution in [1.29, 1.82) is 0 Å². The van der Waals surface area contributed by atoms with Crippen LogP contribution in [0.15, 0.2) is 23.3 Å². The second-order valence-corrected chi connectivity index (χ2v) is 5.22. The highest BCUT2D eigenvalue weighted by molar-refractivity contribution is 5.31. The van der Waals surface area contributed by atoms with Gasteiger partial charge in [0.25, 0.3) is 0 Å². The minimum atomic E-state index is 0.920. The minimum absolute atomic E-state index is 0.920. The van der Waals surface area contributed by atoms with Gasteiger partial charge >= 0.3 is 0 Å². The maximum Gasteiger partial charge on any atom is -0.0130 e. The summed E-state index contributed by atoms with van der Waals surface area (Å²) >= 11 is 0. The Morgan fingerprint density at radius 3 is 2.79 bits per heavy atom. The molecule has 14 heavy (non-hydrogen) atoms. The maximum absolute atomic E-state index is 2.61. The summed E-state index contributed by atoms with van der Waals surface area (Å²) in [5.74, 6) is 3.83. The SMILES string of the molecule is CCC1=CC2C3C=C(CC)[C@@H](C3)C2C1. The fraction of sp³-hybridized carbons (Fsp3) is 0.714. The van der Waals surface area contributed by atoms with E-state index in [1.165, 1.54) is 25.7 Å². The van der Waals surface area contributed by atoms with Crippen LogP contribution < -0.4 is 0 Å². The Labute approximate surface area is 87.1 Å². The molecule has 0 aromatic rings. The molecule has 0 aliphatic heterocycles. The van der Waals surface area contributed by atoms with E-state index in [-0.39, 0.29) is 0 Å². The molecule has 3 rings (SSSR count). The van der Waals surface area contributed by atoms with Crippen LogP contribution >= 0.6 is 0 Å². The zero-order chi connectivity index (χ0) is 9.71. The molecule has 0 nitrogen and oxygen atoms in total. The monoisotopic (exact) mass is 188 g/mol. The zero-order valence-corrected chi connectivity index (χ0v) is 9.29. The Morgan fingerprint density at radius 2 is 2.07 bits per heavy atom. The average molecular weight is 188 g/mol. The highest BCUT2D eigenvalue weighted by Crippen LogP contribution is 2.57. The number of rotatable bonds is 2. The fourth-order valence-corrected chi connectivity index (χ4v) is 4.03. The van der Waals surface area contributed by atoms with Gasteiger partial charge in [-0.3, -0.25) is 0 Å². The van der Waals surface area contributed by atoms with Crippen LogP contribution in [0.25, 0.3) is 0 Å². The molecule has 76 valence electrons. The Bertz CT molecular complexity index is 308. The third-order valence-electron chi connectivity index (χ3n) is 4.72. The van der Waals surface area contributed by atoms with Crippen molar-refractivity contribution in [2.75, 3.05) is 0 Å². The molecule has 3 aliphatic rings. The van der Waals surface area contributed by atoms with E-state index in [2.05, 4.69) is 26.0 Å². The van der Waals surface area contributed by atoms with Gasteiger partial charge in [0.1, 0.15) is 0 Å². The molecule has 1 saturated carbocycles. The normalized spacial score (nSPS) is 43.9. The van der Waals surface area contributed by atoms with E-state index in [9.17, 15) is 0 Å². The van der Waals surface area contributed by atoms with Crippen LogP contribution in [0.1, 0.15) is 39.5 Å². The lowest BCUT2D eigenvalue weighted by Gasteiger charge is -2.24. The summed E-state index contributed by atoms with van der Waals surface area (Å²) in [6.45, 7) is 4.63. The molecule has 4 atom stereocenters. The molecule has 2 bridgehead atoms. The number of allylic oxidation sites excluding steroid dienone is 4. The van der Waals surface area contributed by atoms with Crippen LogP contribution in [0.4, 0.5) is 0 Å². The second-order valence-electron chi connectivity index (χ2n) is 5.22. The summed E-state index contributed by atoms with van der Waals surface area (Å²) in [6.07, 6.45) is 10.7. The first-order valence-corrected chi connectivity index (χ1v) is 6.23. The second kappa shape index (κ2) is 2.98. The molecule has 3 unspecified atom stereocenters. The maximum atomic E-state index is 2.61. The predicted molar refractivity (Wildman–Crippen MR) is 59.9 cm³/mol. The topological polar surface area (TPSA) is 0 Å². The van der Waals surface area contributed by atoms with Crippen molar-refractivity contribution >= 4 is 0 Å². The third-order valence-corrected chi connectivity index (χ3v) is 4.72. The lowest BCUT2D eigenvalue weighted by Crippen LogP contribution is -2.16. The summed E-state index contributed by atoms with van der Waals surface area (Å²) in [5.41, 5.74) is 3.52. The van der Waals surface area contributed by atoms with E-state index in [1.807, 2.05) is 0 Å². The van der Waals surface area contributed by atoms with Gasteiger partial charge in [0.05, 0.1) is 0 Å². The molecule has 0 N–H and O–H groups in total. The van der Waals surface area contributed by atoms with Gasteiger partial charge in [0.15, 0.2) is 0 Å². The van der Waals surface area contributed by atoms with Gasteiger partial charge in [-0.15, -0.1) is 0 Å². The van der Waals surface area contributed by atoms with E-state index in [0.29, 0.717) is 0 Å². The van der Waals surface area contributed by atoms with Crippen molar-refractivity contribution < 1.29 is 0 Å². The molecule has 0 aromatic heterocycles. The molecule has 0 spiro atoms. The summed E-state index contributed by atoms with van der Waals surface area (Å²) < 4.78 is 0. The Morgan fingerprint density at radius 1 is 1.21 bits per heavy atom. The van der Waals surface area contributed by atoms with E-state index >= 15 is 0 Å². The van der Waals surface area contributed by atoms with Gasteiger partial charge in [0.2, 0.25) is 0 Å². The van der Waals surface area contributed by atoms with Crippen molar-refractivity contribution in [2.24, 2.45) is 23.7 Å². The first-order chi connectivity index (χ1) is 6.83. The molecular formula is C14H20. The molecule has 0 amide bonds. The lowest BCUT2D eigenvalue weighted by atomic mass is 9.80. The average Bonchev–Trinajstić information content (AvgIpc) is 2.87. The number of fused-ring (bicyclic) bond motifs is 5. The highest BCUT2D eigenvalue weighted by Gasteiger charge is 2.48. The zero-order valence-electron chi connectivity index (χ0n) is 9.29. The van der Waals surface area contributed by atoms with Crippen molar-refractivity contribution in [3.05, 3.63) is 23.3 Å². The minimum Gasteiger partial charge on any atom is -0.0813 e. The molecule has 3 aliphatic carbocycles. The molecule has 0 heterocycles. The van der Waals surface area contributed by atoms with Crippen molar-refractivity contribution in [2.45, 2.75) is 39.5 Å². The quantitative estimate of drug-likeness (QED) is 0.576. The van der Waals surface area contributed by atoms with Gasteiger partial charge in [-0.2, -0.15) is 0 Å². The number of hydrogen-bond acceptors (Lipinski definition) is 0. The Hall–Kier alpha value is -0.520. The molecule has 0 saturated heterocycles. The van der Waals surface area contributed by atoms with E-state index in [4.69, 9.17) is 0 Å². The van der Waals surface area contributed by atoms with Gasteiger partial charge < -0.3 is 0 Å². The summed E-state index contributed by atoms with van der Waals surface area (Å²) in [5, 5.41) is 0. The van der Waals surface area contributed by atoms with Gasteiger partial charge in [0, 0.05) is 0 Å². The fourth-order valence-electron chi connectivity index (χ4n) is 4.03. The van der Waals surface area contributed by atoms with E-state index < -0.39 is 0 Å². The van der Waals surface area contributed by atoms with Crippen LogP contribution in [-0.4, -0.2) is 0 Å². The first kappa shape index (κ1) is 8.76. The van der Waals surface area contributed by atoms with Gasteiger partial charge in [-0.1, -0.05) is 37.1 Å². The van der Waals surface area contributed by atoms with E-state index in [0.717, 1.165) is 23.7 Å². The summed E-state index contributed by atoms with van der Waals surface area (Å²) in [6, 6.07) is 0. The Kier molecular flexibility index (Phi) is 1.87. The predicted octanol–water partition coefficient (Wildman–Crippen LogP) is 3.95. The Balaban J connectivity index is 1.86. The van der Waals surface area contributed by atoms with E-state index in [1.54, 1.807) is 11.1 Å². The smallest absolute Gasteiger partial charge is 0.0130 e. The molecule has 1 fully saturated rings. The van der Waals surface area contributed by atoms with Gasteiger partial charge in [-0.25, -0.2) is 0 Å². The van der Waals surface area contributed by atoms with Crippen LogP contribution in [-0.2, 0) is 0 Å². The largest absolute Gasteiger partial charge is 0.0813 e. The number of hydrogen-bond donors (Lipinski definition) is 0. The first-order valence-electron chi connectivity index (χ1n) is 6.23. The summed E-state index contributed by atoms with van der Waals surface area (Å²) in [4.78, 5) is 0. The van der Waals surface area contributed by atoms with Gasteiger partial charge in [-0.05, 0) is 49.4 Å². The van der Waals surface area contributed by atoms with Crippen LogP contribution in [0, 0.1) is 23.7 Å². The lowest BCUT2D eigenvalue weighted by molar-refractivity contribution is 0.375. The van der Waals surface area contributed by atoms with Crippen LogP contribution in [0.2, 0.25) is 0 Å². The molecule has 0 aromatic carbocycles. The summed E-state index contributed by atoms with van der Waals surface area (Å²) in [7, 11) is 0. The standard InChI is InChI=1S/C14H20/c1-3-9-5-12-11-7-10(4-2)13(8-11)14(12)6-9/h5,7,11-14H,3-4,6,8H2,1-2H3/t11?,12?,13-,14?/m1/s1. The molecular weight excluding hydrogens is 168 g/mol.